The summed E-state index contributed by atoms with van der Waals surface area (Å²) in [6, 6.07) is 20.6. The van der Waals surface area contributed by atoms with Crippen LogP contribution in [0.1, 0.15) is 36.2 Å². The molecule has 0 saturated carbocycles. The van der Waals surface area contributed by atoms with Crippen LogP contribution in [0.2, 0.25) is 0 Å². The maximum Gasteiger partial charge on any atom is 0.269 e. The van der Waals surface area contributed by atoms with Gasteiger partial charge in [0, 0.05) is 5.56 Å². The Kier molecular flexibility index (Phi) is 6.27. The highest BCUT2D eigenvalue weighted by molar-refractivity contribution is 5.96. The molecule has 2 amide bonds. The van der Waals surface area contributed by atoms with Crippen LogP contribution >= 0.6 is 0 Å². The molecule has 0 saturated heterocycles. The smallest absolute Gasteiger partial charge is 0.269 e. The van der Waals surface area contributed by atoms with Crippen LogP contribution in [-0.2, 0) is 11.2 Å². The normalized spacial score (nSPS) is 11.6. The van der Waals surface area contributed by atoms with Gasteiger partial charge < -0.3 is 4.74 Å². The lowest BCUT2D eigenvalue weighted by molar-refractivity contribution is -0.121. The summed E-state index contributed by atoms with van der Waals surface area (Å²) in [6.07, 6.45) is 1.21. The Bertz CT molecular complexity index is 962. The summed E-state index contributed by atoms with van der Waals surface area (Å²) < 4.78 is 5.70. The van der Waals surface area contributed by atoms with Crippen molar-refractivity contribution in [2.75, 3.05) is 0 Å². The molecule has 5 heteroatoms. The predicted molar refractivity (Wildman–Crippen MR) is 110 cm³/mol. The number of hydrogen-bond donors (Lipinski definition) is 2. The van der Waals surface area contributed by atoms with Gasteiger partial charge in [0.25, 0.3) is 5.91 Å². The lowest BCUT2D eigenvalue weighted by atomic mass is 10.0. The number of rotatable bonds is 6. The number of fused-ring (bicyclic) bond motifs is 1. The Morgan fingerprint density at radius 2 is 1.64 bits per heavy atom. The molecule has 1 unspecified atom stereocenters. The monoisotopic (exact) mass is 376 g/mol. The first-order chi connectivity index (χ1) is 13.6. The number of carbonyl (C=O) groups is 2. The van der Waals surface area contributed by atoms with Gasteiger partial charge in [0.2, 0.25) is 5.91 Å². The molecule has 0 aliphatic heterocycles. The van der Waals surface area contributed by atoms with E-state index in [-0.39, 0.29) is 24.3 Å². The van der Waals surface area contributed by atoms with Gasteiger partial charge in [0.1, 0.15) is 5.75 Å². The molecule has 5 nitrogen and oxygen atoms in total. The topological polar surface area (TPSA) is 67.4 Å². The molecule has 0 aromatic heterocycles. The van der Waals surface area contributed by atoms with Crippen LogP contribution in [0.4, 0.5) is 0 Å². The van der Waals surface area contributed by atoms with Crippen LogP contribution in [0.25, 0.3) is 10.8 Å². The summed E-state index contributed by atoms with van der Waals surface area (Å²) in [7, 11) is 0. The number of carbonyl (C=O) groups excluding carboxylic acids is 2. The van der Waals surface area contributed by atoms with Gasteiger partial charge in [-0.2, -0.15) is 0 Å². The summed E-state index contributed by atoms with van der Waals surface area (Å²) in [5, 5.41) is 2.11. The van der Waals surface area contributed by atoms with Crippen molar-refractivity contribution in [2.24, 2.45) is 0 Å². The van der Waals surface area contributed by atoms with Crippen molar-refractivity contribution in [2.45, 2.75) is 32.8 Å². The number of benzene rings is 3. The van der Waals surface area contributed by atoms with Crippen LogP contribution in [0.5, 0.6) is 5.75 Å². The standard InChI is InChI=1S/C23H24N2O3/c1-3-16(2)28-20-13-11-18(12-14-20)23(27)25-24-22(26)15-19-9-6-8-17-7-4-5-10-21(17)19/h4-14,16H,3,15H2,1-2H3,(H,24,26)(H,25,27). The van der Waals surface area contributed by atoms with Gasteiger partial charge in [0.15, 0.2) is 0 Å². The lowest BCUT2D eigenvalue weighted by Crippen LogP contribution is -2.42. The molecule has 0 aliphatic rings. The van der Waals surface area contributed by atoms with E-state index in [0.717, 1.165) is 22.8 Å². The molecule has 0 spiro atoms. The molecule has 2 N–H and O–H groups in total. The molecule has 1 atom stereocenters. The van der Waals surface area contributed by atoms with Crippen molar-refractivity contribution in [3.8, 4) is 5.75 Å². The number of hydrazine groups is 1. The van der Waals surface area contributed by atoms with E-state index in [2.05, 4.69) is 10.9 Å². The van der Waals surface area contributed by atoms with Gasteiger partial charge in [-0.1, -0.05) is 49.4 Å². The number of hydrogen-bond acceptors (Lipinski definition) is 3. The quantitative estimate of drug-likeness (QED) is 0.639. The number of amides is 2. The average Bonchev–Trinajstić information content (AvgIpc) is 2.72. The van der Waals surface area contributed by atoms with E-state index in [1.807, 2.05) is 56.3 Å². The Hall–Kier alpha value is -3.34. The third-order valence-corrected chi connectivity index (χ3v) is 4.58. The predicted octanol–water partition coefficient (Wildman–Crippen LogP) is 4.02. The molecule has 28 heavy (non-hydrogen) atoms. The van der Waals surface area contributed by atoms with E-state index < -0.39 is 0 Å². The second-order valence-corrected chi connectivity index (χ2v) is 6.68. The van der Waals surface area contributed by atoms with Gasteiger partial charge in [-0.25, -0.2) is 0 Å². The fourth-order valence-electron chi connectivity index (χ4n) is 2.86. The molecule has 0 bridgehead atoms. The third kappa shape index (κ3) is 4.88. The molecule has 0 heterocycles. The summed E-state index contributed by atoms with van der Waals surface area (Å²) in [6.45, 7) is 4.04. The van der Waals surface area contributed by atoms with Crippen LogP contribution in [-0.4, -0.2) is 17.9 Å². The largest absolute Gasteiger partial charge is 0.491 e. The minimum Gasteiger partial charge on any atom is -0.491 e. The molecule has 144 valence electrons. The first-order valence-electron chi connectivity index (χ1n) is 9.39. The molecule has 0 fully saturated rings. The van der Waals surface area contributed by atoms with Crippen molar-refractivity contribution < 1.29 is 14.3 Å². The second-order valence-electron chi connectivity index (χ2n) is 6.68. The highest BCUT2D eigenvalue weighted by Gasteiger charge is 2.10. The summed E-state index contributed by atoms with van der Waals surface area (Å²) in [4.78, 5) is 24.5. The fraction of sp³-hybridized carbons (Fsp3) is 0.217. The first-order valence-corrected chi connectivity index (χ1v) is 9.39. The molecule has 3 aromatic carbocycles. The number of ether oxygens (including phenoxy) is 1. The Morgan fingerprint density at radius 3 is 2.39 bits per heavy atom. The van der Waals surface area contributed by atoms with Crippen molar-refractivity contribution in [1.82, 2.24) is 10.9 Å². The molecule has 0 aliphatic carbocycles. The summed E-state index contributed by atoms with van der Waals surface area (Å²) in [5.74, 6) is 0.0636. The zero-order valence-corrected chi connectivity index (χ0v) is 16.1. The van der Waals surface area contributed by atoms with Crippen LogP contribution in [0.3, 0.4) is 0 Å². The summed E-state index contributed by atoms with van der Waals surface area (Å²) in [5.41, 5.74) is 6.30. The lowest BCUT2D eigenvalue weighted by Gasteiger charge is -2.13. The van der Waals surface area contributed by atoms with E-state index in [4.69, 9.17) is 4.74 Å². The SMILES string of the molecule is CCC(C)Oc1ccc(C(=O)NNC(=O)Cc2cccc3ccccc23)cc1. The average molecular weight is 376 g/mol. The maximum absolute atomic E-state index is 12.3. The Labute approximate surface area is 164 Å². The minimum absolute atomic E-state index is 0.119. The van der Waals surface area contributed by atoms with Gasteiger partial charge >= 0.3 is 0 Å². The van der Waals surface area contributed by atoms with E-state index in [9.17, 15) is 9.59 Å². The van der Waals surface area contributed by atoms with E-state index >= 15 is 0 Å². The van der Waals surface area contributed by atoms with Crippen molar-refractivity contribution in [1.29, 1.82) is 0 Å². The summed E-state index contributed by atoms with van der Waals surface area (Å²) >= 11 is 0. The van der Waals surface area contributed by atoms with Crippen molar-refractivity contribution in [3.05, 3.63) is 77.9 Å². The van der Waals surface area contributed by atoms with E-state index in [0.29, 0.717) is 11.3 Å². The van der Waals surface area contributed by atoms with Crippen molar-refractivity contribution >= 4 is 22.6 Å². The van der Waals surface area contributed by atoms with Crippen molar-refractivity contribution in [3.63, 3.8) is 0 Å². The Balaban J connectivity index is 1.56. The fourth-order valence-corrected chi connectivity index (χ4v) is 2.86. The highest BCUT2D eigenvalue weighted by atomic mass is 16.5. The highest BCUT2D eigenvalue weighted by Crippen LogP contribution is 2.19. The van der Waals surface area contributed by atoms with Gasteiger partial charge in [-0.05, 0) is 53.9 Å². The third-order valence-electron chi connectivity index (χ3n) is 4.58. The molecular weight excluding hydrogens is 352 g/mol. The molecular formula is C23H24N2O3. The number of nitrogens with one attached hydrogen (secondary N) is 2. The zero-order chi connectivity index (χ0) is 19.9. The van der Waals surface area contributed by atoms with Gasteiger partial charge in [-0.3, -0.25) is 20.4 Å². The zero-order valence-electron chi connectivity index (χ0n) is 16.1. The van der Waals surface area contributed by atoms with Crippen LogP contribution in [0, 0.1) is 0 Å². The van der Waals surface area contributed by atoms with Gasteiger partial charge in [0.05, 0.1) is 12.5 Å². The second kappa shape index (κ2) is 9.04. The van der Waals surface area contributed by atoms with E-state index in [1.54, 1.807) is 24.3 Å². The van der Waals surface area contributed by atoms with Crippen LogP contribution < -0.4 is 15.6 Å². The van der Waals surface area contributed by atoms with Gasteiger partial charge in [-0.15, -0.1) is 0 Å². The first kappa shape index (κ1) is 19.4. The molecule has 3 aromatic rings. The Morgan fingerprint density at radius 1 is 0.929 bits per heavy atom. The maximum atomic E-state index is 12.3. The molecule has 0 radical (unpaired) electrons. The molecule has 3 rings (SSSR count). The van der Waals surface area contributed by atoms with Crippen LogP contribution in [0.15, 0.2) is 66.7 Å². The minimum atomic E-state index is -0.374. The van der Waals surface area contributed by atoms with E-state index in [1.165, 1.54) is 0 Å².